The van der Waals surface area contributed by atoms with Crippen LogP contribution in [0.2, 0.25) is 18.1 Å². The highest BCUT2D eigenvalue weighted by Gasteiger charge is 2.43. The molecule has 0 bridgehead atoms. The third kappa shape index (κ3) is 7.23. The molecule has 8 nitrogen and oxygen atoms in total. The average Bonchev–Trinajstić information content (AvgIpc) is 2.79. The molecule has 0 N–H and O–H groups in total. The van der Waals surface area contributed by atoms with Gasteiger partial charge in [0.1, 0.15) is 18.4 Å². The number of ether oxygens (including phenoxy) is 2. The molecular weight excluding hydrogens is 442 g/mol. The Kier molecular flexibility index (Phi) is 8.96. The number of benzene rings is 1. The summed E-state index contributed by atoms with van der Waals surface area (Å²) in [6, 6.07) is 7.61. The molecule has 2 rings (SSSR count). The second-order valence-corrected chi connectivity index (χ2v) is 14.6. The fourth-order valence-corrected chi connectivity index (χ4v) is 4.72. The van der Waals surface area contributed by atoms with Gasteiger partial charge in [-0.2, -0.15) is 0 Å². The summed E-state index contributed by atoms with van der Waals surface area (Å²) in [5.74, 6) is -1.70. The van der Waals surface area contributed by atoms with E-state index in [0.717, 1.165) is 17.6 Å². The Morgan fingerprint density at radius 2 is 1.73 bits per heavy atom. The van der Waals surface area contributed by atoms with Crippen molar-refractivity contribution in [2.24, 2.45) is 0 Å². The maximum atomic E-state index is 13.3. The van der Waals surface area contributed by atoms with Gasteiger partial charge in [-0.1, -0.05) is 51.1 Å². The molecular formula is C24H35NO7Si. The molecule has 2 atom stereocenters. The zero-order valence-electron chi connectivity index (χ0n) is 20.4. The molecule has 182 valence electrons. The van der Waals surface area contributed by atoms with Gasteiger partial charge in [-0.15, -0.1) is 0 Å². The number of nitrogens with zero attached hydrogens (tertiary/aromatic N) is 1. The summed E-state index contributed by atoms with van der Waals surface area (Å²) in [4.78, 5) is 52.1. The van der Waals surface area contributed by atoms with Gasteiger partial charge in [0.2, 0.25) is 5.91 Å². The molecule has 0 unspecified atom stereocenters. The molecule has 33 heavy (non-hydrogen) atoms. The van der Waals surface area contributed by atoms with Crippen LogP contribution in [0.3, 0.4) is 0 Å². The van der Waals surface area contributed by atoms with E-state index in [1.807, 2.05) is 6.07 Å². The molecule has 1 aliphatic rings. The number of imide groups is 1. The van der Waals surface area contributed by atoms with Gasteiger partial charge < -0.3 is 13.9 Å². The van der Waals surface area contributed by atoms with Crippen molar-refractivity contribution in [3.05, 3.63) is 35.9 Å². The monoisotopic (exact) mass is 477 g/mol. The van der Waals surface area contributed by atoms with Crippen LogP contribution in [0.1, 0.15) is 52.0 Å². The van der Waals surface area contributed by atoms with Crippen LogP contribution >= 0.6 is 0 Å². The Balaban J connectivity index is 2.30. The summed E-state index contributed by atoms with van der Waals surface area (Å²) in [5, 5.41) is -0.0959. The van der Waals surface area contributed by atoms with Crippen LogP contribution in [0, 0.1) is 0 Å². The van der Waals surface area contributed by atoms with Gasteiger partial charge in [0.05, 0.1) is 19.6 Å². The normalized spacial score (nSPS) is 20.5. The Hall–Kier alpha value is -2.52. The predicted molar refractivity (Wildman–Crippen MR) is 125 cm³/mol. The Morgan fingerprint density at radius 3 is 2.30 bits per heavy atom. The maximum absolute atomic E-state index is 13.3. The van der Waals surface area contributed by atoms with E-state index >= 15 is 0 Å². The minimum atomic E-state index is -2.24. The minimum Gasteiger partial charge on any atom is -0.467 e. The van der Waals surface area contributed by atoms with Crippen LogP contribution in [-0.4, -0.2) is 56.2 Å². The average molecular weight is 478 g/mol. The smallest absolute Gasteiger partial charge is 0.417 e. The number of ketones is 1. The first-order valence-electron chi connectivity index (χ1n) is 11.2. The molecule has 0 aromatic heterocycles. The highest BCUT2D eigenvalue weighted by atomic mass is 28.4. The first-order valence-corrected chi connectivity index (χ1v) is 14.1. The Bertz CT molecular complexity index is 863. The second-order valence-electron chi connectivity index (χ2n) is 9.83. The van der Waals surface area contributed by atoms with E-state index in [-0.39, 0.29) is 36.7 Å². The van der Waals surface area contributed by atoms with Crippen LogP contribution in [-0.2, 0) is 34.9 Å². The van der Waals surface area contributed by atoms with Crippen molar-refractivity contribution in [3.8, 4) is 0 Å². The molecule has 1 heterocycles. The maximum Gasteiger partial charge on any atom is 0.417 e. The first-order chi connectivity index (χ1) is 15.4. The lowest BCUT2D eigenvalue weighted by molar-refractivity contribution is -0.153. The largest absolute Gasteiger partial charge is 0.467 e. The Morgan fingerprint density at radius 1 is 1.09 bits per heavy atom. The molecule has 1 fully saturated rings. The summed E-state index contributed by atoms with van der Waals surface area (Å²) < 4.78 is 16.5. The molecule has 9 heteroatoms. The van der Waals surface area contributed by atoms with Gasteiger partial charge in [0, 0.05) is 12.8 Å². The van der Waals surface area contributed by atoms with E-state index in [0.29, 0.717) is 6.42 Å². The van der Waals surface area contributed by atoms with E-state index in [9.17, 15) is 19.2 Å². The highest BCUT2D eigenvalue weighted by Crippen LogP contribution is 2.38. The SMILES string of the molecule is COC(=O)[C@@H]1CC(=O)CC[C@@H](O[Si](C)(C)C(C)(C)C)CC(=O)N1C(=O)OCc1ccccc1. The predicted octanol–water partition coefficient (Wildman–Crippen LogP) is 4.23. The van der Waals surface area contributed by atoms with Crippen molar-refractivity contribution in [2.45, 2.75) is 83.3 Å². The first kappa shape index (κ1) is 26.7. The number of carbonyl (C=O) groups excluding carboxylic acids is 4. The standard InChI is InChI=1S/C24H35NO7Si/c1-24(2,3)33(5,6)32-19-13-12-18(26)14-20(22(28)30-4)25(21(27)15-19)23(29)31-16-17-10-8-7-9-11-17/h7-11,19-20H,12-16H2,1-6H3/t19-,20+/m1/s1. The van der Waals surface area contributed by atoms with Crippen LogP contribution in [0.4, 0.5) is 4.79 Å². The zero-order valence-corrected chi connectivity index (χ0v) is 21.4. The van der Waals surface area contributed by atoms with Crippen molar-refractivity contribution in [2.75, 3.05) is 7.11 Å². The van der Waals surface area contributed by atoms with Gasteiger partial charge >= 0.3 is 12.1 Å². The van der Waals surface area contributed by atoms with E-state index in [4.69, 9.17) is 13.9 Å². The number of methoxy groups -OCH3 is 1. The molecule has 1 aromatic rings. The lowest BCUT2D eigenvalue weighted by Gasteiger charge is -2.39. The van der Waals surface area contributed by atoms with E-state index < -0.39 is 38.4 Å². The molecule has 0 saturated carbocycles. The minimum absolute atomic E-state index is 0.0742. The second kappa shape index (κ2) is 11.1. The topological polar surface area (TPSA) is 99.2 Å². The van der Waals surface area contributed by atoms with E-state index in [1.54, 1.807) is 24.3 Å². The Labute approximate surface area is 196 Å². The van der Waals surface area contributed by atoms with Gasteiger partial charge in [0.25, 0.3) is 0 Å². The summed E-state index contributed by atoms with van der Waals surface area (Å²) in [7, 11) is -1.09. The third-order valence-electron chi connectivity index (χ3n) is 6.29. The summed E-state index contributed by atoms with van der Waals surface area (Å²) in [6.45, 7) is 10.3. The summed E-state index contributed by atoms with van der Waals surface area (Å²) in [5.41, 5.74) is 0.729. The number of esters is 1. The van der Waals surface area contributed by atoms with Crippen LogP contribution in [0.25, 0.3) is 0 Å². The molecule has 0 spiro atoms. The number of Topliss-reactive ketones (excluding diaryl/α,β-unsaturated/α-hetero) is 1. The molecule has 1 aromatic carbocycles. The van der Waals surface area contributed by atoms with Gasteiger partial charge in [-0.25, -0.2) is 14.5 Å². The number of hydrogen-bond donors (Lipinski definition) is 0. The van der Waals surface area contributed by atoms with E-state index in [1.165, 1.54) is 0 Å². The van der Waals surface area contributed by atoms with Crippen LogP contribution < -0.4 is 0 Å². The van der Waals surface area contributed by atoms with Crippen LogP contribution in [0.5, 0.6) is 0 Å². The summed E-state index contributed by atoms with van der Waals surface area (Å²) >= 11 is 0. The van der Waals surface area contributed by atoms with Crippen molar-refractivity contribution < 1.29 is 33.1 Å². The molecule has 0 radical (unpaired) electrons. The van der Waals surface area contributed by atoms with Gasteiger partial charge in [-0.3, -0.25) is 9.59 Å². The summed E-state index contributed by atoms with van der Waals surface area (Å²) in [6.07, 6.45) is -1.48. The highest BCUT2D eigenvalue weighted by molar-refractivity contribution is 6.74. The molecule has 2 amide bonds. The van der Waals surface area contributed by atoms with Crippen LogP contribution in [0.15, 0.2) is 30.3 Å². The van der Waals surface area contributed by atoms with Crippen molar-refractivity contribution >= 4 is 32.1 Å². The fourth-order valence-electron chi connectivity index (χ4n) is 3.34. The number of hydrogen-bond acceptors (Lipinski definition) is 7. The quantitative estimate of drug-likeness (QED) is 0.462. The molecule has 0 aliphatic carbocycles. The lowest BCUT2D eigenvalue weighted by Crippen LogP contribution is -2.51. The van der Waals surface area contributed by atoms with E-state index in [2.05, 4.69) is 33.9 Å². The van der Waals surface area contributed by atoms with Gasteiger partial charge in [0.15, 0.2) is 8.32 Å². The van der Waals surface area contributed by atoms with Crippen molar-refractivity contribution in [1.29, 1.82) is 0 Å². The molecule has 1 saturated heterocycles. The molecule has 1 aliphatic heterocycles. The number of carbonyl (C=O) groups is 4. The van der Waals surface area contributed by atoms with Gasteiger partial charge in [-0.05, 0) is 30.1 Å². The number of rotatable bonds is 5. The zero-order chi connectivity index (χ0) is 24.8. The lowest BCUT2D eigenvalue weighted by atomic mass is 10.1. The third-order valence-corrected chi connectivity index (χ3v) is 10.8. The van der Waals surface area contributed by atoms with Crippen molar-refractivity contribution in [3.63, 3.8) is 0 Å². The van der Waals surface area contributed by atoms with Crippen molar-refractivity contribution in [1.82, 2.24) is 4.90 Å². The number of amides is 2. The fraction of sp³-hybridized carbons (Fsp3) is 0.583.